The zero-order valence-corrected chi connectivity index (χ0v) is 10.5. The Bertz CT molecular complexity index is 362. The fourth-order valence-electron chi connectivity index (χ4n) is 1.78. The van der Waals surface area contributed by atoms with Gasteiger partial charge in [0.25, 0.3) is 0 Å². The van der Waals surface area contributed by atoms with Crippen LogP contribution in [0.25, 0.3) is 0 Å². The molecule has 1 aliphatic heterocycles. The lowest BCUT2D eigenvalue weighted by molar-refractivity contribution is -0.0679. The standard InChI is InChI=1S/C11H12BrClO2/c12-9-2-1-8(7-10(9)13)11(14)3-5-15-6-4-11/h1-2,7,14H,3-6H2. The van der Waals surface area contributed by atoms with Crippen molar-refractivity contribution in [3.8, 4) is 0 Å². The first-order valence-electron chi connectivity index (χ1n) is 4.87. The molecule has 2 rings (SSSR count). The summed E-state index contributed by atoms with van der Waals surface area (Å²) in [5.41, 5.74) is 0.0989. The van der Waals surface area contributed by atoms with E-state index in [1.165, 1.54) is 0 Å². The largest absolute Gasteiger partial charge is 0.385 e. The third-order valence-electron chi connectivity index (χ3n) is 2.78. The quantitative estimate of drug-likeness (QED) is 0.861. The average molecular weight is 292 g/mol. The summed E-state index contributed by atoms with van der Waals surface area (Å²) >= 11 is 9.34. The van der Waals surface area contributed by atoms with E-state index in [0.29, 0.717) is 31.1 Å². The summed E-state index contributed by atoms with van der Waals surface area (Å²) in [4.78, 5) is 0. The normalized spacial score (nSPS) is 20.2. The van der Waals surface area contributed by atoms with Gasteiger partial charge in [0.1, 0.15) is 0 Å². The molecule has 1 saturated heterocycles. The van der Waals surface area contributed by atoms with Gasteiger partial charge in [-0.1, -0.05) is 17.7 Å². The van der Waals surface area contributed by atoms with Gasteiger partial charge >= 0.3 is 0 Å². The van der Waals surface area contributed by atoms with E-state index in [9.17, 15) is 5.11 Å². The molecule has 0 aromatic heterocycles. The highest BCUT2D eigenvalue weighted by atomic mass is 79.9. The monoisotopic (exact) mass is 290 g/mol. The first-order chi connectivity index (χ1) is 7.12. The summed E-state index contributed by atoms with van der Waals surface area (Å²) in [6.07, 6.45) is 1.26. The van der Waals surface area contributed by atoms with Crippen molar-refractivity contribution in [3.63, 3.8) is 0 Å². The van der Waals surface area contributed by atoms with Crippen LogP contribution in [0, 0.1) is 0 Å². The van der Waals surface area contributed by atoms with Crippen LogP contribution >= 0.6 is 27.5 Å². The Morgan fingerprint density at radius 1 is 1.33 bits per heavy atom. The zero-order chi connectivity index (χ0) is 10.9. The molecular weight excluding hydrogens is 279 g/mol. The molecule has 0 spiro atoms. The summed E-state index contributed by atoms with van der Waals surface area (Å²) < 4.78 is 6.09. The summed E-state index contributed by atoms with van der Waals surface area (Å²) in [5, 5.41) is 11.0. The molecule has 0 unspecified atom stereocenters. The lowest BCUT2D eigenvalue weighted by atomic mass is 9.87. The van der Waals surface area contributed by atoms with Crippen molar-refractivity contribution in [3.05, 3.63) is 33.3 Å². The number of ether oxygens (including phenoxy) is 1. The van der Waals surface area contributed by atoms with Crippen molar-refractivity contribution < 1.29 is 9.84 Å². The van der Waals surface area contributed by atoms with Crippen molar-refractivity contribution in [1.29, 1.82) is 0 Å². The summed E-state index contributed by atoms with van der Waals surface area (Å²) in [5.74, 6) is 0. The van der Waals surface area contributed by atoms with Gasteiger partial charge in [0.2, 0.25) is 0 Å². The van der Waals surface area contributed by atoms with E-state index in [2.05, 4.69) is 15.9 Å². The maximum atomic E-state index is 10.4. The van der Waals surface area contributed by atoms with Crippen LogP contribution in [0.3, 0.4) is 0 Å². The van der Waals surface area contributed by atoms with Crippen LogP contribution in [-0.4, -0.2) is 18.3 Å². The minimum atomic E-state index is -0.775. The van der Waals surface area contributed by atoms with Gasteiger partial charge < -0.3 is 9.84 Å². The summed E-state index contributed by atoms with van der Waals surface area (Å²) in [6.45, 7) is 1.20. The maximum Gasteiger partial charge on any atom is 0.0940 e. The maximum absolute atomic E-state index is 10.4. The van der Waals surface area contributed by atoms with Gasteiger partial charge in [-0.15, -0.1) is 0 Å². The first kappa shape index (κ1) is 11.4. The van der Waals surface area contributed by atoms with Crippen molar-refractivity contribution in [2.45, 2.75) is 18.4 Å². The van der Waals surface area contributed by atoms with Gasteiger partial charge in [0.05, 0.1) is 10.6 Å². The molecule has 1 aromatic rings. The number of halogens is 2. The second kappa shape index (κ2) is 4.42. The van der Waals surface area contributed by atoms with Crippen LogP contribution in [0.2, 0.25) is 5.02 Å². The number of aliphatic hydroxyl groups is 1. The molecule has 1 aromatic carbocycles. The molecule has 0 atom stereocenters. The Balaban J connectivity index is 2.31. The van der Waals surface area contributed by atoms with Gasteiger partial charge in [-0.3, -0.25) is 0 Å². The van der Waals surface area contributed by atoms with Crippen LogP contribution < -0.4 is 0 Å². The van der Waals surface area contributed by atoms with Crippen LogP contribution in [0.5, 0.6) is 0 Å². The van der Waals surface area contributed by atoms with Crippen molar-refractivity contribution in [2.24, 2.45) is 0 Å². The van der Waals surface area contributed by atoms with E-state index in [1.54, 1.807) is 0 Å². The highest BCUT2D eigenvalue weighted by molar-refractivity contribution is 9.10. The lowest BCUT2D eigenvalue weighted by Gasteiger charge is -2.32. The van der Waals surface area contributed by atoms with E-state index >= 15 is 0 Å². The second-order valence-corrected chi connectivity index (χ2v) is 5.03. The van der Waals surface area contributed by atoms with Crippen LogP contribution in [-0.2, 0) is 10.3 Å². The van der Waals surface area contributed by atoms with Crippen molar-refractivity contribution in [1.82, 2.24) is 0 Å². The molecule has 0 aliphatic carbocycles. The summed E-state index contributed by atoms with van der Waals surface area (Å²) in [6, 6.07) is 5.59. The Morgan fingerprint density at radius 3 is 2.60 bits per heavy atom. The molecule has 2 nitrogen and oxygen atoms in total. The molecule has 82 valence electrons. The molecule has 4 heteroatoms. The Labute approximate surface area is 102 Å². The van der Waals surface area contributed by atoms with Crippen molar-refractivity contribution >= 4 is 27.5 Å². The van der Waals surface area contributed by atoms with Gasteiger partial charge in [-0.25, -0.2) is 0 Å². The van der Waals surface area contributed by atoms with Crippen LogP contribution in [0.1, 0.15) is 18.4 Å². The van der Waals surface area contributed by atoms with E-state index in [4.69, 9.17) is 16.3 Å². The van der Waals surface area contributed by atoms with E-state index in [-0.39, 0.29) is 0 Å². The Morgan fingerprint density at radius 2 is 2.00 bits per heavy atom. The third kappa shape index (κ3) is 2.36. The number of benzene rings is 1. The van der Waals surface area contributed by atoms with Gasteiger partial charge in [0, 0.05) is 30.5 Å². The average Bonchev–Trinajstić information content (AvgIpc) is 2.23. The number of hydrogen-bond donors (Lipinski definition) is 1. The molecule has 1 heterocycles. The SMILES string of the molecule is OC1(c2ccc(Br)c(Cl)c2)CCOCC1. The van der Waals surface area contributed by atoms with Gasteiger partial charge in [-0.05, 0) is 33.6 Å². The molecule has 0 radical (unpaired) electrons. The predicted molar refractivity (Wildman–Crippen MR) is 63.1 cm³/mol. The Kier molecular flexibility index (Phi) is 3.36. The van der Waals surface area contributed by atoms with Gasteiger partial charge in [0.15, 0.2) is 0 Å². The first-order valence-corrected chi connectivity index (χ1v) is 6.05. The highest BCUT2D eigenvalue weighted by Crippen LogP contribution is 2.35. The molecule has 0 bridgehead atoms. The highest BCUT2D eigenvalue weighted by Gasteiger charge is 2.31. The van der Waals surface area contributed by atoms with Crippen molar-refractivity contribution in [2.75, 3.05) is 13.2 Å². The fourth-order valence-corrected chi connectivity index (χ4v) is 2.21. The van der Waals surface area contributed by atoms with Crippen LogP contribution in [0.15, 0.2) is 22.7 Å². The minimum absolute atomic E-state index is 0.601. The topological polar surface area (TPSA) is 29.5 Å². The Hall–Kier alpha value is -0.0900. The molecule has 0 saturated carbocycles. The summed E-state index contributed by atoms with van der Waals surface area (Å²) in [7, 11) is 0. The molecule has 1 fully saturated rings. The molecule has 1 N–H and O–H groups in total. The minimum Gasteiger partial charge on any atom is -0.385 e. The van der Waals surface area contributed by atoms with E-state index in [0.717, 1.165) is 10.0 Å². The molecular formula is C11H12BrClO2. The molecule has 1 aliphatic rings. The van der Waals surface area contributed by atoms with Gasteiger partial charge in [-0.2, -0.15) is 0 Å². The van der Waals surface area contributed by atoms with E-state index < -0.39 is 5.60 Å². The zero-order valence-electron chi connectivity index (χ0n) is 8.17. The lowest BCUT2D eigenvalue weighted by Crippen LogP contribution is -2.33. The second-order valence-electron chi connectivity index (χ2n) is 3.77. The predicted octanol–water partition coefficient (Wildman–Crippen LogP) is 3.10. The van der Waals surface area contributed by atoms with E-state index in [1.807, 2.05) is 18.2 Å². The molecule has 0 amide bonds. The third-order valence-corrected chi connectivity index (χ3v) is 4.01. The smallest absolute Gasteiger partial charge is 0.0940 e. The fraction of sp³-hybridized carbons (Fsp3) is 0.455. The van der Waals surface area contributed by atoms with Crippen LogP contribution in [0.4, 0.5) is 0 Å². The number of rotatable bonds is 1. The number of hydrogen-bond acceptors (Lipinski definition) is 2. The molecule has 15 heavy (non-hydrogen) atoms.